The smallest absolute Gasteiger partial charge is 0.224 e. The van der Waals surface area contributed by atoms with Crippen molar-refractivity contribution in [2.24, 2.45) is 5.92 Å². The molecule has 0 atom stereocenters. The Kier molecular flexibility index (Phi) is 4.34. The zero-order chi connectivity index (χ0) is 14.5. The summed E-state index contributed by atoms with van der Waals surface area (Å²) >= 11 is 0. The fraction of sp³-hybridized carbons (Fsp3) is 0.412. The van der Waals surface area contributed by atoms with E-state index in [0.717, 1.165) is 11.4 Å². The second-order valence-electron chi connectivity index (χ2n) is 5.77. The number of carbonyl (C=O) groups excluding carboxylic acids is 1. The van der Waals surface area contributed by atoms with Gasteiger partial charge in [-0.1, -0.05) is 19.3 Å². The highest BCUT2D eigenvalue weighted by Crippen LogP contribution is 2.26. The van der Waals surface area contributed by atoms with Crippen molar-refractivity contribution in [3.8, 4) is 5.69 Å². The van der Waals surface area contributed by atoms with E-state index in [4.69, 9.17) is 0 Å². The zero-order valence-corrected chi connectivity index (χ0v) is 12.2. The maximum atomic E-state index is 12.1. The molecule has 1 heterocycles. The molecular formula is C17H21N3O. The van der Waals surface area contributed by atoms with E-state index in [1.54, 1.807) is 12.5 Å². The molecule has 1 amide bonds. The normalized spacial score (nSPS) is 15.8. The Morgan fingerprint density at radius 3 is 2.62 bits per heavy atom. The quantitative estimate of drug-likeness (QED) is 0.928. The minimum absolute atomic E-state index is 0.136. The van der Waals surface area contributed by atoms with E-state index >= 15 is 0 Å². The van der Waals surface area contributed by atoms with Gasteiger partial charge in [-0.3, -0.25) is 4.79 Å². The van der Waals surface area contributed by atoms with Gasteiger partial charge in [0, 0.05) is 30.2 Å². The molecule has 1 aliphatic carbocycles. The molecule has 110 valence electrons. The first-order valence-electron chi connectivity index (χ1n) is 7.69. The number of amides is 1. The molecule has 1 fully saturated rings. The molecule has 21 heavy (non-hydrogen) atoms. The van der Waals surface area contributed by atoms with E-state index < -0.39 is 0 Å². The van der Waals surface area contributed by atoms with Gasteiger partial charge in [-0.05, 0) is 43.0 Å². The summed E-state index contributed by atoms with van der Waals surface area (Å²) in [6.07, 6.45) is 12.3. The molecule has 3 rings (SSSR count). The molecule has 0 spiro atoms. The summed E-state index contributed by atoms with van der Waals surface area (Å²) in [6, 6.07) is 7.85. The Morgan fingerprint density at radius 1 is 1.19 bits per heavy atom. The lowest BCUT2D eigenvalue weighted by molar-refractivity contribution is -0.117. The van der Waals surface area contributed by atoms with E-state index in [-0.39, 0.29) is 5.91 Å². The highest BCUT2D eigenvalue weighted by molar-refractivity contribution is 5.90. The number of imidazole rings is 1. The SMILES string of the molecule is O=C(CC1CCCCC1)Nc1ccc(-n2ccnc2)cc1. The number of nitrogens with zero attached hydrogens (tertiary/aromatic N) is 2. The average molecular weight is 283 g/mol. The minimum Gasteiger partial charge on any atom is -0.326 e. The highest BCUT2D eigenvalue weighted by atomic mass is 16.1. The monoisotopic (exact) mass is 283 g/mol. The fourth-order valence-electron chi connectivity index (χ4n) is 2.99. The summed E-state index contributed by atoms with van der Waals surface area (Å²) in [4.78, 5) is 16.1. The number of rotatable bonds is 4. The van der Waals surface area contributed by atoms with E-state index in [0.29, 0.717) is 12.3 Å². The van der Waals surface area contributed by atoms with Crippen molar-refractivity contribution in [2.45, 2.75) is 38.5 Å². The average Bonchev–Trinajstić information content (AvgIpc) is 3.03. The predicted octanol–water partition coefficient (Wildman–Crippen LogP) is 3.78. The van der Waals surface area contributed by atoms with Crippen molar-refractivity contribution < 1.29 is 4.79 Å². The van der Waals surface area contributed by atoms with Crippen LogP contribution in [0.4, 0.5) is 5.69 Å². The van der Waals surface area contributed by atoms with Crippen LogP contribution in [-0.2, 0) is 4.79 Å². The molecule has 0 unspecified atom stereocenters. The van der Waals surface area contributed by atoms with Crippen molar-refractivity contribution >= 4 is 11.6 Å². The van der Waals surface area contributed by atoms with Crippen molar-refractivity contribution in [1.82, 2.24) is 9.55 Å². The predicted molar refractivity (Wildman–Crippen MR) is 83.4 cm³/mol. The van der Waals surface area contributed by atoms with Crippen LogP contribution in [0.5, 0.6) is 0 Å². The van der Waals surface area contributed by atoms with Crippen LogP contribution in [0.15, 0.2) is 43.0 Å². The van der Waals surface area contributed by atoms with Gasteiger partial charge in [-0.2, -0.15) is 0 Å². The van der Waals surface area contributed by atoms with Gasteiger partial charge in [0.1, 0.15) is 0 Å². The van der Waals surface area contributed by atoms with Crippen LogP contribution >= 0.6 is 0 Å². The Morgan fingerprint density at radius 2 is 1.95 bits per heavy atom. The largest absolute Gasteiger partial charge is 0.326 e. The second kappa shape index (κ2) is 6.57. The van der Waals surface area contributed by atoms with E-state index in [9.17, 15) is 4.79 Å². The first kappa shape index (κ1) is 13.9. The summed E-state index contributed by atoms with van der Waals surface area (Å²) < 4.78 is 1.94. The number of nitrogens with one attached hydrogen (secondary N) is 1. The third kappa shape index (κ3) is 3.72. The third-order valence-corrected chi connectivity index (χ3v) is 4.15. The van der Waals surface area contributed by atoms with Gasteiger partial charge in [0.2, 0.25) is 5.91 Å². The summed E-state index contributed by atoms with van der Waals surface area (Å²) in [5.41, 5.74) is 1.90. The Bertz CT molecular complexity index is 569. The number of aromatic nitrogens is 2. The number of hydrogen-bond acceptors (Lipinski definition) is 2. The molecule has 4 nitrogen and oxygen atoms in total. The molecule has 0 saturated heterocycles. The van der Waals surface area contributed by atoms with Gasteiger partial charge >= 0.3 is 0 Å². The van der Waals surface area contributed by atoms with Gasteiger partial charge in [-0.15, -0.1) is 0 Å². The summed E-state index contributed by atoms with van der Waals surface area (Å²) in [5.74, 6) is 0.709. The van der Waals surface area contributed by atoms with Crippen molar-refractivity contribution in [1.29, 1.82) is 0 Å². The molecule has 1 aromatic heterocycles. The number of carbonyl (C=O) groups is 1. The molecule has 1 aromatic carbocycles. The molecular weight excluding hydrogens is 262 g/mol. The molecule has 2 aromatic rings. The maximum Gasteiger partial charge on any atom is 0.224 e. The van der Waals surface area contributed by atoms with Crippen LogP contribution in [0.25, 0.3) is 5.69 Å². The van der Waals surface area contributed by atoms with Crippen LogP contribution < -0.4 is 5.32 Å². The summed E-state index contributed by atoms with van der Waals surface area (Å²) in [5, 5.41) is 3.00. The molecule has 0 aliphatic heterocycles. The van der Waals surface area contributed by atoms with E-state index in [2.05, 4.69) is 10.3 Å². The van der Waals surface area contributed by atoms with Crippen LogP contribution in [-0.4, -0.2) is 15.5 Å². The third-order valence-electron chi connectivity index (χ3n) is 4.15. The standard InChI is InChI=1S/C17H21N3O/c21-17(12-14-4-2-1-3-5-14)19-15-6-8-16(9-7-15)20-11-10-18-13-20/h6-11,13-14H,1-5,12H2,(H,19,21). The first-order valence-corrected chi connectivity index (χ1v) is 7.69. The minimum atomic E-state index is 0.136. The molecule has 1 saturated carbocycles. The lowest BCUT2D eigenvalue weighted by Crippen LogP contribution is -2.18. The molecule has 4 heteroatoms. The highest BCUT2D eigenvalue weighted by Gasteiger charge is 2.16. The van der Waals surface area contributed by atoms with E-state index in [1.807, 2.05) is 35.0 Å². The lowest BCUT2D eigenvalue weighted by atomic mass is 9.87. The molecule has 0 bridgehead atoms. The molecule has 0 radical (unpaired) electrons. The zero-order valence-electron chi connectivity index (χ0n) is 12.2. The van der Waals surface area contributed by atoms with Gasteiger partial charge in [-0.25, -0.2) is 4.98 Å². The van der Waals surface area contributed by atoms with Crippen LogP contribution in [0.2, 0.25) is 0 Å². The van der Waals surface area contributed by atoms with Crippen molar-refractivity contribution in [3.05, 3.63) is 43.0 Å². The summed E-state index contributed by atoms with van der Waals surface area (Å²) in [7, 11) is 0. The van der Waals surface area contributed by atoms with Crippen molar-refractivity contribution in [3.63, 3.8) is 0 Å². The topological polar surface area (TPSA) is 46.9 Å². The maximum absolute atomic E-state index is 12.1. The summed E-state index contributed by atoms with van der Waals surface area (Å²) in [6.45, 7) is 0. The molecule has 1 aliphatic rings. The van der Waals surface area contributed by atoms with E-state index in [1.165, 1.54) is 32.1 Å². The molecule has 1 N–H and O–H groups in total. The first-order chi connectivity index (χ1) is 10.3. The fourth-order valence-corrected chi connectivity index (χ4v) is 2.99. The lowest BCUT2D eigenvalue weighted by Gasteiger charge is -2.20. The Balaban J connectivity index is 1.56. The van der Waals surface area contributed by atoms with Crippen LogP contribution in [0.3, 0.4) is 0 Å². The Labute approximate surface area is 125 Å². The van der Waals surface area contributed by atoms with Gasteiger partial charge in [0.05, 0.1) is 6.33 Å². The number of hydrogen-bond donors (Lipinski definition) is 1. The van der Waals surface area contributed by atoms with Crippen LogP contribution in [0.1, 0.15) is 38.5 Å². The Hall–Kier alpha value is -2.10. The van der Waals surface area contributed by atoms with Crippen LogP contribution in [0, 0.1) is 5.92 Å². The van der Waals surface area contributed by atoms with Gasteiger partial charge in [0.15, 0.2) is 0 Å². The number of anilines is 1. The van der Waals surface area contributed by atoms with Gasteiger partial charge in [0.25, 0.3) is 0 Å². The van der Waals surface area contributed by atoms with Gasteiger partial charge < -0.3 is 9.88 Å². The number of benzene rings is 1. The van der Waals surface area contributed by atoms with Crippen molar-refractivity contribution in [2.75, 3.05) is 5.32 Å². The second-order valence-corrected chi connectivity index (χ2v) is 5.77.